The number of methoxy groups -OCH3 is 1. The Labute approximate surface area is 140 Å². The minimum absolute atomic E-state index is 0.295. The van der Waals surface area contributed by atoms with Crippen LogP contribution in [0.1, 0.15) is 47.9 Å². The van der Waals surface area contributed by atoms with Gasteiger partial charge in [0.25, 0.3) is 0 Å². The van der Waals surface area contributed by atoms with Crippen LogP contribution >= 0.6 is 11.3 Å². The van der Waals surface area contributed by atoms with Crippen LogP contribution in [-0.4, -0.2) is 35.7 Å². The highest BCUT2D eigenvalue weighted by Crippen LogP contribution is 2.25. The van der Waals surface area contributed by atoms with E-state index in [1.165, 1.54) is 26.4 Å². The minimum Gasteiger partial charge on any atom is -0.464 e. The number of carbonyl (C=O) groups is 1. The maximum atomic E-state index is 11.9. The number of aryl methyl sites for hydroxylation is 1. The molecule has 3 rings (SSSR count). The van der Waals surface area contributed by atoms with Crippen molar-refractivity contribution >= 4 is 22.4 Å². The van der Waals surface area contributed by atoms with Gasteiger partial charge in [-0.1, -0.05) is 6.92 Å². The van der Waals surface area contributed by atoms with Crippen molar-refractivity contribution in [3.05, 3.63) is 34.6 Å². The van der Waals surface area contributed by atoms with Crippen molar-refractivity contribution in [1.82, 2.24) is 9.55 Å². The molecule has 1 fully saturated rings. The van der Waals surface area contributed by atoms with Crippen LogP contribution in [0, 0.1) is 0 Å². The predicted molar refractivity (Wildman–Crippen MR) is 92.4 cm³/mol. The number of carbonyl (C=O) groups excluding carboxylic acids is 1. The number of hydrogen-bond acceptors (Lipinski definition) is 5. The van der Waals surface area contributed by atoms with E-state index in [4.69, 9.17) is 9.72 Å². The summed E-state index contributed by atoms with van der Waals surface area (Å²) < 4.78 is 6.83. The molecule has 0 unspecified atom stereocenters. The highest BCUT2D eigenvalue weighted by atomic mass is 32.1. The van der Waals surface area contributed by atoms with Crippen molar-refractivity contribution in [3.63, 3.8) is 0 Å². The first-order valence-corrected chi connectivity index (χ1v) is 9.06. The lowest BCUT2D eigenvalue weighted by Gasteiger charge is -2.25. The van der Waals surface area contributed by atoms with E-state index in [1.54, 1.807) is 11.3 Å². The van der Waals surface area contributed by atoms with Gasteiger partial charge in [-0.25, -0.2) is 9.78 Å². The molecule has 0 aromatic carbocycles. The lowest BCUT2D eigenvalue weighted by Crippen LogP contribution is -2.29. The fourth-order valence-electron chi connectivity index (χ4n) is 2.94. The summed E-state index contributed by atoms with van der Waals surface area (Å²) in [6, 6.07) is 1.91. The molecule has 23 heavy (non-hydrogen) atoms. The van der Waals surface area contributed by atoms with Crippen molar-refractivity contribution in [3.8, 4) is 0 Å². The van der Waals surface area contributed by atoms with Crippen molar-refractivity contribution in [2.24, 2.45) is 0 Å². The second-order valence-electron chi connectivity index (χ2n) is 5.88. The number of rotatable bonds is 5. The zero-order valence-corrected chi connectivity index (χ0v) is 14.6. The maximum Gasteiger partial charge on any atom is 0.354 e. The zero-order valence-electron chi connectivity index (χ0n) is 13.7. The summed E-state index contributed by atoms with van der Waals surface area (Å²) in [7, 11) is 1.42. The molecule has 0 atom stereocenters. The Morgan fingerprint density at radius 1 is 1.35 bits per heavy atom. The summed E-state index contributed by atoms with van der Waals surface area (Å²) >= 11 is 1.69. The number of hydrogen-bond donors (Lipinski definition) is 0. The van der Waals surface area contributed by atoms with Gasteiger partial charge in [-0.3, -0.25) is 0 Å². The molecule has 3 heterocycles. The van der Waals surface area contributed by atoms with E-state index >= 15 is 0 Å². The van der Waals surface area contributed by atoms with Crippen molar-refractivity contribution in [2.45, 2.75) is 39.2 Å². The van der Waals surface area contributed by atoms with Gasteiger partial charge in [-0.2, -0.15) is 0 Å². The van der Waals surface area contributed by atoms with Crippen LogP contribution < -0.4 is 4.90 Å². The number of thiazole rings is 1. The van der Waals surface area contributed by atoms with Gasteiger partial charge >= 0.3 is 5.97 Å². The van der Waals surface area contributed by atoms with E-state index in [0.29, 0.717) is 12.2 Å². The second-order valence-corrected chi connectivity index (χ2v) is 6.71. The van der Waals surface area contributed by atoms with Gasteiger partial charge in [0, 0.05) is 24.7 Å². The standard InChI is InChI=1S/C17H23N3O2S/c1-3-13-9-15(16(21)22-2)20(10-13)11-14-12-23-17(18-14)19-7-5-4-6-8-19/h9-10,12H,3-8,11H2,1-2H3. The summed E-state index contributed by atoms with van der Waals surface area (Å²) in [4.78, 5) is 19.1. The normalized spacial score (nSPS) is 15.0. The van der Waals surface area contributed by atoms with E-state index in [-0.39, 0.29) is 5.97 Å². The van der Waals surface area contributed by atoms with Crippen molar-refractivity contribution < 1.29 is 9.53 Å². The van der Waals surface area contributed by atoms with Gasteiger partial charge in [0.1, 0.15) is 5.69 Å². The molecule has 0 aliphatic carbocycles. The third kappa shape index (κ3) is 3.58. The molecule has 0 spiro atoms. The van der Waals surface area contributed by atoms with E-state index in [2.05, 4.69) is 17.2 Å². The molecular formula is C17H23N3O2S. The van der Waals surface area contributed by atoms with Gasteiger partial charge in [-0.15, -0.1) is 11.3 Å². The topological polar surface area (TPSA) is 47.4 Å². The first kappa shape index (κ1) is 16.1. The Kier molecular flexibility index (Phi) is 5.00. The quantitative estimate of drug-likeness (QED) is 0.788. The molecular weight excluding hydrogens is 310 g/mol. The number of ether oxygens (including phenoxy) is 1. The van der Waals surface area contributed by atoms with Gasteiger partial charge in [0.15, 0.2) is 5.13 Å². The first-order valence-electron chi connectivity index (χ1n) is 8.18. The summed E-state index contributed by atoms with van der Waals surface area (Å²) in [5.41, 5.74) is 2.73. The van der Waals surface area contributed by atoms with Crippen molar-refractivity contribution in [2.75, 3.05) is 25.1 Å². The average molecular weight is 333 g/mol. The lowest BCUT2D eigenvalue weighted by molar-refractivity contribution is 0.0589. The van der Waals surface area contributed by atoms with Crippen LogP contribution in [0.25, 0.3) is 0 Å². The highest BCUT2D eigenvalue weighted by Gasteiger charge is 2.17. The Morgan fingerprint density at radius 3 is 2.83 bits per heavy atom. The largest absolute Gasteiger partial charge is 0.464 e. The summed E-state index contributed by atoms with van der Waals surface area (Å²) in [5, 5.41) is 3.19. The average Bonchev–Trinajstić information content (AvgIpc) is 3.22. The summed E-state index contributed by atoms with van der Waals surface area (Å²) in [5.74, 6) is -0.295. The zero-order chi connectivity index (χ0) is 16.2. The molecule has 0 amide bonds. The van der Waals surface area contributed by atoms with E-state index in [9.17, 15) is 4.79 Å². The molecule has 6 heteroatoms. The SMILES string of the molecule is CCc1cc(C(=O)OC)n(Cc2csc(N3CCCCC3)n2)c1. The number of aromatic nitrogens is 2. The van der Waals surface area contributed by atoms with Crippen LogP contribution in [-0.2, 0) is 17.7 Å². The van der Waals surface area contributed by atoms with E-state index in [0.717, 1.165) is 35.9 Å². The molecule has 0 saturated carbocycles. The Balaban J connectivity index is 1.78. The highest BCUT2D eigenvalue weighted by molar-refractivity contribution is 7.13. The maximum absolute atomic E-state index is 11.9. The van der Waals surface area contributed by atoms with Gasteiger partial charge in [-0.05, 0) is 37.3 Å². The lowest BCUT2D eigenvalue weighted by atomic mass is 10.1. The first-order chi connectivity index (χ1) is 11.2. The Morgan fingerprint density at radius 2 is 2.13 bits per heavy atom. The van der Waals surface area contributed by atoms with Crippen molar-refractivity contribution in [1.29, 1.82) is 0 Å². The van der Waals surface area contributed by atoms with Crippen LogP contribution in [0.15, 0.2) is 17.6 Å². The fraction of sp³-hybridized carbons (Fsp3) is 0.529. The smallest absolute Gasteiger partial charge is 0.354 e. The van der Waals surface area contributed by atoms with Gasteiger partial charge in [0.2, 0.25) is 0 Å². The molecule has 0 bridgehead atoms. The molecule has 124 valence electrons. The Bertz CT molecular complexity index is 671. The molecule has 5 nitrogen and oxygen atoms in total. The number of nitrogens with zero attached hydrogens (tertiary/aromatic N) is 3. The molecule has 2 aromatic rings. The predicted octanol–water partition coefficient (Wildman–Crippen LogP) is 3.33. The number of anilines is 1. The van der Waals surface area contributed by atoms with Gasteiger partial charge in [0.05, 0.1) is 19.3 Å². The second kappa shape index (κ2) is 7.17. The molecule has 1 aliphatic rings. The number of esters is 1. The van der Waals surface area contributed by atoms with Crippen LogP contribution in [0.2, 0.25) is 0 Å². The molecule has 0 radical (unpaired) electrons. The molecule has 1 aliphatic heterocycles. The summed E-state index contributed by atoms with van der Waals surface area (Å²) in [6.07, 6.45) is 6.73. The van der Waals surface area contributed by atoms with Crippen LogP contribution in [0.3, 0.4) is 0 Å². The van der Waals surface area contributed by atoms with Crippen LogP contribution in [0.5, 0.6) is 0 Å². The fourth-order valence-corrected chi connectivity index (χ4v) is 3.81. The summed E-state index contributed by atoms with van der Waals surface area (Å²) in [6.45, 7) is 4.89. The van der Waals surface area contributed by atoms with E-state index < -0.39 is 0 Å². The molecule has 0 N–H and O–H groups in total. The third-order valence-corrected chi connectivity index (χ3v) is 5.20. The van der Waals surface area contributed by atoms with Gasteiger partial charge < -0.3 is 14.2 Å². The van der Waals surface area contributed by atoms with Crippen LogP contribution in [0.4, 0.5) is 5.13 Å². The Hall–Kier alpha value is -1.82. The minimum atomic E-state index is -0.295. The monoisotopic (exact) mass is 333 g/mol. The molecule has 2 aromatic heterocycles. The number of piperidine rings is 1. The molecule has 1 saturated heterocycles. The third-order valence-electron chi connectivity index (χ3n) is 4.25. The van der Waals surface area contributed by atoms with E-state index in [1.807, 2.05) is 16.8 Å².